The third-order valence-corrected chi connectivity index (χ3v) is 2.90. The molecule has 5 nitrogen and oxygen atoms in total. The summed E-state index contributed by atoms with van der Waals surface area (Å²) in [5.74, 6) is 0.00714. The molecule has 2 aromatic heterocycles. The van der Waals surface area contributed by atoms with Crippen LogP contribution in [0, 0.1) is 0 Å². The van der Waals surface area contributed by atoms with E-state index in [1.165, 1.54) is 11.8 Å². The van der Waals surface area contributed by atoms with E-state index in [0.29, 0.717) is 22.7 Å². The van der Waals surface area contributed by atoms with Crippen LogP contribution >= 0.6 is 11.8 Å². The highest BCUT2D eigenvalue weighted by Crippen LogP contribution is 2.21. The number of thioether (sulfide) groups is 1. The Labute approximate surface area is 102 Å². The molecule has 0 aliphatic rings. The molecular formula is C11H12N2O3S. The number of hydrogen-bond acceptors (Lipinski definition) is 5. The van der Waals surface area contributed by atoms with Gasteiger partial charge >= 0.3 is 5.97 Å². The van der Waals surface area contributed by atoms with Gasteiger partial charge in [-0.05, 0) is 18.4 Å². The van der Waals surface area contributed by atoms with Gasteiger partial charge in [-0.1, -0.05) is 0 Å². The molecule has 0 saturated carbocycles. The lowest BCUT2D eigenvalue weighted by Crippen LogP contribution is -2.31. The number of aliphatic carboxylic acids is 1. The molecule has 0 saturated heterocycles. The van der Waals surface area contributed by atoms with E-state index in [1.807, 2.05) is 6.26 Å². The molecule has 90 valence electrons. The number of anilines is 1. The summed E-state index contributed by atoms with van der Waals surface area (Å²) >= 11 is 1.46. The van der Waals surface area contributed by atoms with Gasteiger partial charge in [0.25, 0.3) is 0 Å². The minimum absolute atomic E-state index is 0.431. The summed E-state index contributed by atoms with van der Waals surface area (Å²) in [4.78, 5) is 15.1. The van der Waals surface area contributed by atoms with Crippen molar-refractivity contribution in [2.75, 3.05) is 17.3 Å². The lowest BCUT2D eigenvalue weighted by molar-refractivity contribution is -0.137. The summed E-state index contributed by atoms with van der Waals surface area (Å²) in [7, 11) is 0. The van der Waals surface area contributed by atoms with Gasteiger partial charge in [-0.25, -0.2) is 4.79 Å². The van der Waals surface area contributed by atoms with Crippen molar-refractivity contribution in [3.63, 3.8) is 0 Å². The third-order valence-electron chi connectivity index (χ3n) is 2.24. The lowest BCUT2D eigenvalue weighted by Gasteiger charge is -2.11. The van der Waals surface area contributed by atoms with Crippen LogP contribution in [0.15, 0.2) is 28.8 Å². The molecule has 0 bridgehead atoms. The van der Waals surface area contributed by atoms with Crippen molar-refractivity contribution in [3.05, 3.63) is 24.4 Å². The molecule has 17 heavy (non-hydrogen) atoms. The van der Waals surface area contributed by atoms with Crippen molar-refractivity contribution in [1.29, 1.82) is 0 Å². The van der Waals surface area contributed by atoms with Crippen LogP contribution in [-0.4, -0.2) is 34.1 Å². The molecule has 0 spiro atoms. The van der Waals surface area contributed by atoms with Gasteiger partial charge in [0.15, 0.2) is 11.5 Å². The van der Waals surface area contributed by atoms with Crippen LogP contribution in [0.25, 0.3) is 11.1 Å². The highest BCUT2D eigenvalue weighted by Gasteiger charge is 2.18. The molecule has 1 atom stereocenters. The number of nitrogens with zero attached hydrogens (tertiary/aromatic N) is 1. The molecular weight excluding hydrogens is 240 g/mol. The van der Waals surface area contributed by atoms with Crippen LogP contribution in [-0.2, 0) is 4.79 Å². The van der Waals surface area contributed by atoms with E-state index in [2.05, 4.69) is 10.3 Å². The molecule has 2 rings (SSSR count). The molecule has 6 heteroatoms. The first-order chi connectivity index (χ1) is 8.20. The Bertz CT molecular complexity index is 493. The lowest BCUT2D eigenvalue weighted by atomic mass is 10.3. The minimum Gasteiger partial charge on any atom is -0.480 e. The van der Waals surface area contributed by atoms with Crippen molar-refractivity contribution < 1.29 is 14.3 Å². The summed E-state index contributed by atoms with van der Waals surface area (Å²) in [5.41, 5.74) is 1.35. The first-order valence-electron chi connectivity index (χ1n) is 5.03. The fraction of sp³-hybridized carbons (Fsp3) is 0.273. The number of carboxylic acids is 1. The van der Waals surface area contributed by atoms with E-state index in [-0.39, 0.29) is 0 Å². The summed E-state index contributed by atoms with van der Waals surface area (Å²) < 4.78 is 5.45. The van der Waals surface area contributed by atoms with Gasteiger partial charge in [0.1, 0.15) is 11.6 Å². The van der Waals surface area contributed by atoms with Gasteiger partial charge in [-0.15, -0.1) is 0 Å². The molecule has 0 aliphatic carbocycles. The van der Waals surface area contributed by atoms with Crippen LogP contribution in [0.1, 0.15) is 0 Å². The van der Waals surface area contributed by atoms with E-state index in [4.69, 9.17) is 9.52 Å². The number of fused-ring (bicyclic) bond motifs is 1. The first-order valence-corrected chi connectivity index (χ1v) is 6.43. The number of carbonyl (C=O) groups is 1. The highest BCUT2D eigenvalue weighted by molar-refractivity contribution is 7.98. The van der Waals surface area contributed by atoms with Crippen LogP contribution in [0.2, 0.25) is 0 Å². The zero-order valence-electron chi connectivity index (χ0n) is 9.21. The van der Waals surface area contributed by atoms with Gasteiger partial charge < -0.3 is 14.8 Å². The molecule has 0 aliphatic heterocycles. The molecule has 1 unspecified atom stereocenters. The van der Waals surface area contributed by atoms with E-state index < -0.39 is 12.0 Å². The van der Waals surface area contributed by atoms with Crippen molar-refractivity contribution in [3.8, 4) is 0 Å². The predicted molar refractivity (Wildman–Crippen MR) is 67.4 cm³/mol. The summed E-state index contributed by atoms with van der Waals surface area (Å²) in [6.07, 6.45) is 3.52. The smallest absolute Gasteiger partial charge is 0.327 e. The SMILES string of the molecule is CSCC(Nc1cc2ncccc2o1)C(=O)O. The second-order valence-electron chi connectivity index (χ2n) is 3.49. The standard InChI is InChI=1S/C11H12N2O3S/c1-17-6-8(11(14)15)13-10-5-7-9(16-10)3-2-4-12-7/h2-5,8,13H,6H2,1H3,(H,14,15). The molecule has 2 aromatic rings. The van der Waals surface area contributed by atoms with Crippen molar-refractivity contribution in [1.82, 2.24) is 4.98 Å². The second kappa shape index (κ2) is 5.09. The number of pyridine rings is 1. The normalized spacial score (nSPS) is 12.5. The van der Waals surface area contributed by atoms with Gasteiger partial charge in [0, 0.05) is 18.0 Å². The summed E-state index contributed by atoms with van der Waals surface area (Å²) in [5, 5.41) is 11.8. The van der Waals surface area contributed by atoms with Crippen molar-refractivity contribution in [2.45, 2.75) is 6.04 Å². The van der Waals surface area contributed by atoms with Crippen LogP contribution in [0.4, 0.5) is 5.88 Å². The molecule has 2 heterocycles. The monoisotopic (exact) mass is 252 g/mol. The van der Waals surface area contributed by atoms with Crippen molar-refractivity contribution >= 4 is 34.7 Å². The zero-order valence-corrected chi connectivity index (χ0v) is 10.0. The Balaban J connectivity index is 2.19. The Morgan fingerprint density at radius 1 is 1.71 bits per heavy atom. The Morgan fingerprint density at radius 3 is 3.18 bits per heavy atom. The quantitative estimate of drug-likeness (QED) is 0.848. The third kappa shape index (κ3) is 2.71. The maximum absolute atomic E-state index is 11.0. The molecule has 2 N–H and O–H groups in total. The average Bonchev–Trinajstić information content (AvgIpc) is 2.70. The molecule has 0 amide bonds. The largest absolute Gasteiger partial charge is 0.480 e. The second-order valence-corrected chi connectivity index (χ2v) is 4.40. The topological polar surface area (TPSA) is 75.4 Å². The molecule has 0 radical (unpaired) electrons. The van der Waals surface area contributed by atoms with Crippen LogP contribution < -0.4 is 5.32 Å². The minimum atomic E-state index is -0.896. The van der Waals surface area contributed by atoms with E-state index in [0.717, 1.165) is 0 Å². The van der Waals surface area contributed by atoms with E-state index in [9.17, 15) is 4.79 Å². The number of furan rings is 1. The Hall–Kier alpha value is -1.69. The number of nitrogens with one attached hydrogen (secondary N) is 1. The van der Waals surface area contributed by atoms with Crippen molar-refractivity contribution in [2.24, 2.45) is 0 Å². The fourth-order valence-electron chi connectivity index (χ4n) is 1.45. The van der Waals surface area contributed by atoms with Gasteiger partial charge in [0.05, 0.1) is 0 Å². The summed E-state index contributed by atoms with van der Waals surface area (Å²) in [6.45, 7) is 0. The molecule has 0 aromatic carbocycles. The zero-order chi connectivity index (χ0) is 12.3. The number of hydrogen-bond donors (Lipinski definition) is 2. The molecule has 0 fully saturated rings. The predicted octanol–water partition coefficient (Wildman–Crippen LogP) is 2.06. The fourth-order valence-corrected chi connectivity index (χ4v) is 2.01. The maximum atomic E-state index is 11.0. The maximum Gasteiger partial charge on any atom is 0.327 e. The van der Waals surface area contributed by atoms with Crippen LogP contribution in [0.3, 0.4) is 0 Å². The van der Waals surface area contributed by atoms with E-state index >= 15 is 0 Å². The van der Waals surface area contributed by atoms with E-state index in [1.54, 1.807) is 24.4 Å². The Morgan fingerprint density at radius 2 is 2.53 bits per heavy atom. The van der Waals surface area contributed by atoms with Gasteiger partial charge in [-0.3, -0.25) is 4.98 Å². The number of rotatable bonds is 5. The number of aromatic nitrogens is 1. The first kappa shape index (κ1) is 11.8. The van der Waals surface area contributed by atoms with Crippen LogP contribution in [0.5, 0.6) is 0 Å². The van der Waals surface area contributed by atoms with Gasteiger partial charge in [-0.2, -0.15) is 11.8 Å². The Kier molecular flexibility index (Phi) is 3.53. The highest BCUT2D eigenvalue weighted by atomic mass is 32.2. The number of carboxylic acid groups (broad SMARTS) is 1. The summed E-state index contributed by atoms with van der Waals surface area (Å²) in [6, 6.07) is 4.60. The van der Waals surface area contributed by atoms with Gasteiger partial charge in [0.2, 0.25) is 0 Å². The average molecular weight is 252 g/mol.